The number of aromatic nitrogens is 3. The normalized spacial score (nSPS) is 11.3. The lowest BCUT2D eigenvalue weighted by atomic mass is 10.1. The molecule has 98 valence electrons. The second-order valence-corrected chi connectivity index (χ2v) is 4.70. The highest BCUT2D eigenvalue weighted by molar-refractivity contribution is 5.81. The molecule has 0 amide bonds. The van der Waals surface area contributed by atoms with Crippen molar-refractivity contribution in [3.63, 3.8) is 0 Å². The number of nitrogens with one attached hydrogen (secondary N) is 2. The van der Waals surface area contributed by atoms with Gasteiger partial charge in [-0.15, -0.1) is 0 Å². The average molecular weight is 257 g/mol. The van der Waals surface area contributed by atoms with Crippen LogP contribution in [0.3, 0.4) is 0 Å². The number of rotatable bonds is 2. The molecule has 0 spiro atoms. The van der Waals surface area contributed by atoms with E-state index >= 15 is 0 Å². The van der Waals surface area contributed by atoms with Gasteiger partial charge in [0.25, 0.3) is 0 Å². The van der Waals surface area contributed by atoms with Gasteiger partial charge in [-0.05, 0) is 30.7 Å². The van der Waals surface area contributed by atoms with Crippen LogP contribution in [-0.2, 0) is 13.7 Å². The van der Waals surface area contributed by atoms with Crippen molar-refractivity contribution in [2.45, 2.75) is 13.5 Å². The number of nitrogens with zero attached hydrogens (tertiary/aromatic N) is 1. The molecule has 0 aliphatic carbocycles. The van der Waals surface area contributed by atoms with Crippen molar-refractivity contribution in [2.24, 2.45) is 7.05 Å². The number of hydrogen-bond acceptors (Lipinski definition) is 2. The largest absolute Gasteiger partial charge is 0.392 e. The molecule has 3 N–H and O–H groups in total. The number of imidazole rings is 1. The Labute approximate surface area is 109 Å². The number of hydrogen-bond donors (Lipinski definition) is 3. The van der Waals surface area contributed by atoms with Crippen molar-refractivity contribution in [2.75, 3.05) is 0 Å². The summed E-state index contributed by atoms with van der Waals surface area (Å²) < 4.78 is 2.04. The first-order valence-corrected chi connectivity index (χ1v) is 6.08. The van der Waals surface area contributed by atoms with Crippen LogP contribution in [0, 0.1) is 6.92 Å². The van der Waals surface area contributed by atoms with Crippen molar-refractivity contribution in [1.82, 2.24) is 14.5 Å². The molecule has 0 saturated heterocycles. The first-order chi connectivity index (χ1) is 9.10. The van der Waals surface area contributed by atoms with Crippen LogP contribution in [0.25, 0.3) is 22.3 Å². The number of aromatic amines is 2. The SMILES string of the molecule is Cc1c(CO)cc(-c2ccc3[nH]c(=O)[nH]c3c2)n1C. The molecule has 3 aromatic rings. The maximum atomic E-state index is 11.3. The van der Waals surface area contributed by atoms with Gasteiger partial charge in [0.05, 0.1) is 17.6 Å². The molecule has 5 heteroatoms. The summed E-state index contributed by atoms with van der Waals surface area (Å²) in [6, 6.07) is 7.75. The van der Waals surface area contributed by atoms with Crippen LogP contribution in [-0.4, -0.2) is 19.6 Å². The van der Waals surface area contributed by atoms with Gasteiger partial charge in [-0.25, -0.2) is 4.79 Å². The first kappa shape index (κ1) is 11.8. The topological polar surface area (TPSA) is 73.8 Å². The van der Waals surface area contributed by atoms with E-state index in [1.54, 1.807) is 0 Å². The number of fused-ring (bicyclic) bond motifs is 1. The van der Waals surface area contributed by atoms with Crippen LogP contribution >= 0.6 is 0 Å². The molecule has 0 atom stereocenters. The summed E-state index contributed by atoms with van der Waals surface area (Å²) in [6.45, 7) is 2.01. The highest BCUT2D eigenvalue weighted by atomic mass is 16.3. The van der Waals surface area contributed by atoms with Crippen molar-refractivity contribution in [3.05, 3.63) is 46.0 Å². The zero-order valence-electron chi connectivity index (χ0n) is 10.8. The molecule has 2 aromatic heterocycles. The van der Waals surface area contributed by atoms with Crippen LogP contribution < -0.4 is 5.69 Å². The van der Waals surface area contributed by atoms with Gasteiger partial charge in [-0.2, -0.15) is 0 Å². The van der Waals surface area contributed by atoms with Crippen molar-refractivity contribution in [3.8, 4) is 11.3 Å². The fourth-order valence-corrected chi connectivity index (χ4v) is 2.39. The Balaban J connectivity index is 2.21. The van der Waals surface area contributed by atoms with E-state index in [-0.39, 0.29) is 12.3 Å². The highest BCUT2D eigenvalue weighted by Gasteiger charge is 2.11. The zero-order valence-corrected chi connectivity index (χ0v) is 10.8. The van der Waals surface area contributed by atoms with E-state index in [1.807, 2.05) is 42.8 Å². The Kier molecular flexibility index (Phi) is 2.57. The number of H-pyrrole nitrogens is 2. The van der Waals surface area contributed by atoms with Crippen molar-refractivity contribution >= 4 is 11.0 Å². The lowest BCUT2D eigenvalue weighted by molar-refractivity contribution is 0.281. The molecule has 0 aliphatic rings. The second-order valence-electron chi connectivity index (χ2n) is 4.70. The summed E-state index contributed by atoms with van der Waals surface area (Å²) >= 11 is 0. The van der Waals surface area contributed by atoms with E-state index in [0.717, 1.165) is 33.5 Å². The van der Waals surface area contributed by atoms with Crippen LogP contribution in [0.15, 0.2) is 29.1 Å². The first-order valence-electron chi connectivity index (χ1n) is 6.08. The summed E-state index contributed by atoms with van der Waals surface area (Å²) in [4.78, 5) is 16.7. The maximum Gasteiger partial charge on any atom is 0.323 e. The standard InChI is InChI=1S/C14H15N3O2/c1-8-10(7-18)6-13(17(8)2)9-3-4-11-12(5-9)16-14(19)15-11/h3-6,18H,7H2,1-2H3,(H2,15,16,19). The predicted molar refractivity (Wildman–Crippen MR) is 74.0 cm³/mol. The summed E-state index contributed by atoms with van der Waals surface area (Å²) in [7, 11) is 1.97. The van der Waals surface area contributed by atoms with Gasteiger partial charge in [0.2, 0.25) is 0 Å². The Morgan fingerprint density at radius 1 is 1.21 bits per heavy atom. The van der Waals surface area contributed by atoms with Crippen LogP contribution in [0.5, 0.6) is 0 Å². The van der Waals surface area contributed by atoms with E-state index < -0.39 is 0 Å². The van der Waals surface area contributed by atoms with Crippen molar-refractivity contribution in [1.29, 1.82) is 0 Å². The Morgan fingerprint density at radius 2 is 1.95 bits per heavy atom. The zero-order chi connectivity index (χ0) is 13.6. The third kappa shape index (κ3) is 1.79. The molecule has 19 heavy (non-hydrogen) atoms. The quantitative estimate of drug-likeness (QED) is 0.653. The molecule has 0 fully saturated rings. The minimum Gasteiger partial charge on any atom is -0.392 e. The fraction of sp³-hybridized carbons (Fsp3) is 0.214. The highest BCUT2D eigenvalue weighted by Crippen LogP contribution is 2.26. The number of aliphatic hydroxyl groups is 1. The third-order valence-electron chi connectivity index (χ3n) is 3.62. The molecule has 0 aliphatic heterocycles. The molecular formula is C14H15N3O2. The summed E-state index contributed by atoms with van der Waals surface area (Å²) in [5.41, 5.74) is 5.36. The molecule has 1 aromatic carbocycles. The van der Waals surface area contributed by atoms with E-state index in [9.17, 15) is 9.90 Å². The smallest absolute Gasteiger partial charge is 0.323 e. The number of benzene rings is 1. The lowest BCUT2D eigenvalue weighted by Crippen LogP contribution is -1.99. The Morgan fingerprint density at radius 3 is 2.63 bits per heavy atom. The monoisotopic (exact) mass is 257 g/mol. The average Bonchev–Trinajstić information content (AvgIpc) is 2.90. The van der Waals surface area contributed by atoms with E-state index in [0.29, 0.717) is 0 Å². The molecular weight excluding hydrogens is 242 g/mol. The summed E-state index contributed by atoms with van der Waals surface area (Å²) in [5, 5.41) is 9.31. The Bertz CT molecular complexity index is 808. The van der Waals surface area contributed by atoms with Gasteiger partial charge in [-0.3, -0.25) is 0 Å². The number of aliphatic hydroxyl groups excluding tert-OH is 1. The van der Waals surface area contributed by atoms with Gasteiger partial charge in [0.1, 0.15) is 0 Å². The maximum absolute atomic E-state index is 11.3. The summed E-state index contributed by atoms with van der Waals surface area (Å²) in [5.74, 6) is 0. The lowest BCUT2D eigenvalue weighted by Gasteiger charge is -2.05. The van der Waals surface area contributed by atoms with Gasteiger partial charge in [0.15, 0.2) is 0 Å². The Hall–Kier alpha value is -2.27. The molecule has 5 nitrogen and oxygen atoms in total. The van der Waals surface area contributed by atoms with Gasteiger partial charge < -0.3 is 19.6 Å². The van der Waals surface area contributed by atoms with Gasteiger partial charge >= 0.3 is 5.69 Å². The molecule has 0 unspecified atom stereocenters. The summed E-state index contributed by atoms with van der Waals surface area (Å²) in [6.07, 6.45) is 0. The molecule has 3 rings (SSSR count). The molecule has 0 bridgehead atoms. The molecule has 0 radical (unpaired) electrons. The predicted octanol–water partition coefficient (Wildman–Crippen LogP) is 1.66. The molecule has 2 heterocycles. The van der Waals surface area contributed by atoms with E-state index in [2.05, 4.69) is 9.97 Å². The van der Waals surface area contributed by atoms with Crippen LogP contribution in [0.1, 0.15) is 11.3 Å². The molecule has 0 saturated carbocycles. The fourth-order valence-electron chi connectivity index (χ4n) is 2.39. The minimum absolute atomic E-state index is 0.0307. The third-order valence-corrected chi connectivity index (χ3v) is 3.62. The minimum atomic E-state index is -0.203. The van der Waals surface area contributed by atoms with Gasteiger partial charge in [0, 0.05) is 24.0 Å². The van der Waals surface area contributed by atoms with Gasteiger partial charge in [-0.1, -0.05) is 6.07 Å². The van der Waals surface area contributed by atoms with E-state index in [4.69, 9.17) is 0 Å². The van der Waals surface area contributed by atoms with Crippen LogP contribution in [0.4, 0.5) is 0 Å². The van der Waals surface area contributed by atoms with Crippen LogP contribution in [0.2, 0.25) is 0 Å². The van der Waals surface area contributed by atoms with Crippen molar-refractivity contribution < 1.29 is 5.11 Å². The van der Waals surface area contributed by atoms with E-state index in [1.165, 1.54) is 0 Å². The second kappa shape index (κ2) is 4.13.